The van der Waals surface area contributed by atoms with Gasteiger partial charge in [0.25, 0.3) is 0 Å². The summed E-state index contributed by atoms with van der Waals surface area (Å²) in [6, 6.07) is 13.3. The van der Waals surface area contributed by atoms with Crippen LogP contribution in [0.15, 0.2) is 36.4 Å². The maximum absolute atomic E-state index is 5.36. The Morgan fingerprint density at radius 2 is 1.76 bits per heavy atom. The van der Waals surface area contributed by atoms with Crippen molar-refractivity contribution in [1.29, 1.82) is 0 Å². The fourth-order valence-electron chi connectivity index (χ4n) is 2.84. The van der Waals surface area contributed by atoms with Gasteiger partial charge in [-0.1, -0.05) is 42.8 Å². The van der Waals surface area contributed by atoms with E-state index >= 15 is 0 Å². The third-order valence-electron chi connectivity index (χ3n) is 3.90. The number of nitrogens with one attached hydrogen (secondary N) is 1. The summed E-state index contributed by atoms with van der Waals surface area (Å²) in [4.78, 5) is 0. The highest BCUT2D eigenvalue weighted by molar-refractivity contribution is 5.43. The molecule has 0 aliphatic carbocycles. The van der Waals surface area contributed by atoms with E-state index in [0.29, 0.717) is 0 Å². The first-order valence-corrected chi connectivity index (χ1v) is 7.52. The van der Waals surface area contributed by atoms with Crippen LogP contribution in [-0.4, -0.2) is 13.7 Å². The Morgan fingerprint density at radius 1 is 1.00 bits per heavy atom. The Kier molecular flexibility index (Phi) is 5.03. The summed E-state index contributed by atoms with van der Waals surface area (Å²) >= 11 is 0. The van der Waals surface area contributed by atoms with Gasteiger partial charge in [0.15, 0.2) is 0 Å². The van der Waals surface area contributed by atoms with E-state index in [-0.39, 0.29) is 6.04 Å². The van der Waals surface area contributed by atoms with E-state index in [2.05, 4.69) is 69.4 Å². The van der Waals surface area contributed by atoms with Gasteiger partial charge in [-0.25, -0.2) is 0 Å². The van der Waals surface area contributed by atoms with Crippen molar-refractivity contribution in [2.24, 2.45) is 0 Å². The lowest BCUT2D eigenvalue weighted by Crippen LogP contribution is -2.23. The monoisotopic (exact) mass is 283 g/mol. The first-order valence-electron chi connectivity index (χ1n) is 7.52. The molecule has 0 saturated carbocycles. The first-order chi connectivity index (χ1) is 10.1. The molecule has 1 N–H and O–H groups in total. The maximum Gasteiger partial charge on any atom is 0.121 e. The third-order valence-corrected chi connectivity index (χ3v) is 3.90. The Bertz CT molecular complexity index is 619. The summed E-state index contributed by atoms with van der Waals surface area (Å²) in [6.45, 7) is 9.49. The van der Waals surface area contributed by atoms with Gasteiger partial charge in [0, 0.05) is 0 Å². The minimum Gasteiger partial charge on any atom is -0.496 e. The molecule has 2 heteroatoms. The summed E-state index contributed by atoms with van der Waals surface area (Å²) in [7, 11) is 1.72. The van der Waals surface area contributed by atoms with Crippen LogP contribution in [0.4, 0.5) is 0 Å². The third kappa shape index (κ3) is 3.45. The molecule has 2 rings (SSSR count). The van der Waals surface area contributed by atoms with E-state index in [1.807, 2.05) is 0 Å². The van der Waals surface area contributed by atoms with Gasteiger partial charge in [-0.05, 0) is 55.6 Å². The molecule has 0 radical (unpaired) electrons. The predicted molar refractivity (Wildman–Crippen MR) is 89.2 cm³/mol. The van der Waals surface area contributed by atoms with Gasteiger partial charge in [0.1, 0.15) is 5.75 Å². The molecule has 0 spiro atoms. The van der Waals surface area contributed by atoms with E-state index in [9.17, 15) is 0 Å². The van der Waals surface area contributed by atoms with Gasteiger partial charge in [-0.2, -0.15) is 0 Å². The van der Waals surface area contributed by atoms with Crippen LogP contribution in [0, 0.1) is 20.8 Å². The second-order valence-electron chi connectivity index (χ2n) is 5.58. The van der Waals surface area contributed by atoms with Crippen LogP contribution >= 0.6 is 0 Å². The quantitative estimate of drug-likeness (QED) is 0.882. The molecule has 0 aliphatic heterocycles. The minimum atomic E-state index is 0.222. The van der Waals surface area contributed by atoms with Gasteiger partial charge >= 0.3 is 0 Å². The van der Waals surface area contributed by atoms with Gasteiger partial charge in [-0.3, -0.25) is 0 Å². The van der Waals surface area contributed by atoms with Gasteiger partial charge in [0.05, 0.1) is 13.2 Å². The zero-order chi connectivity index (χ0) is 15.4. The van der Waals surface area contributed by atoms with Crippen molar-refractivity contribution in [2.75, 3.05) is 13.7 Å². The van der Waals surface area contributed by atoms with Crippen molar-refractivity contribution in [2.45, 2.75) is 33.7 Å². The number of ether oxygens (including phenoxy) is 1. The van der Waals surface area contributed by atoms with Crippen molar-refractivity contribution in [1.82, 2.24) is 5.32 Å². The molecule has 1 unspecified atom stereocenters. The predicted octanol–water partition coefficient (Wildman–Crippen LogP) is 4.32. The second kappa shape index (κ2) is 6.77. The Balaban J connectivity index is 2.45. The molecule has 2 aromatic carbocycles. The molecule has 2 aromatic rings. The molecular weight excluding hydrogens is 258 g/mol. The molecule has 0 aliphatic rings. The van der Waals surface area contributed by atoms with Crippen LogP contribution < -0.4 is 10.1 Å². The van der Waals surface area contributed by atoms with Crippen LogP contribution in [0.3, 0.4) is 0 Å². The molecule has 0 amide bonds. The fraction of sp³-hybridized carbons (Fsp3) is 0.368. The van der Waals surface area contributed by atoms with E-state index in [4.69, 9.17) is 4.74 Å². The molecular formula is C19H25NO. The lowest BCUT2D eigenvalue weighted by molar-refractivity contribution is 0.411. The van der Waals surface area contributed by atoms with E-state index in [1.165, 1.54) is 27.8 Å². The molecule has 0 aromatic heterocycles. The normalized spacial score (nSPS) is 12.2. The van der Waals surface area contributed by atoms with Gasteiger partial charge in [0.2, 0.25) is 0 Å². The summed E-state index contributed by atoms with van der Waals surface area (Å²) in [6.07, 6.45) is 0. The molecule has 112 valence electrons. The fourth-order valence-corrected chi connectivity index (χ4v) is 2.84. The van der Waals surface area contributed by atoms with Crippen molar-refractivity contribution in [3.05, 3.63) is 64.2 Å². The zero-order valence-corrected chi connectivity index (χ0v) is 13.7. The van der Waals surface area contributed by atoms with E-state index < -0.39 is 0 Å². The molecule has 1 atom stereocenters. The van der Waals surface area contributed by atoms with E-state index in [0.717, 1.165) is 12.3 Å². The molecule has 0 heterocycles. The summed E-state index contributed by atoms with van der Waals surface area (Å²) in [5.74, 6) is 0.939. The van der Waals surface area contributed by atoms with Crippen molar-refractivity contribution >= 4 is 0 Å². The average Bonchev–Trinajstić information content (AvgIpc) is 2.45. The Hall–Kier alpha value is -1.80. The highest BCUT2D eigenvalue weighted by Crippen LogP contribution is 2.29. The number of hydrogen-bond donors (Lipinski definition) is 1. The van der Waals surface area contributed by atoms with Crippen molar-refractivity contribution < 1.29 is 4.74 Å². The average molecular weight is 283 g/mol. The number of benzene rings is 2. The second-order valence-corrected chi connectivity index (χ2v) is 5.58. The van der Waals surface area contributed by atoms with Gasteiger partial charge < -0.3 is 10.1 Å². The summed E-state index contributed by atoms with van der Waals surface area (Å²) < 4.78 is 5.36. The molecule has 21 heavy (non-hydrogen) atoms. The highest BCUT2D eigenvalue weighted by Gasteiger charge is 2.16. The molecule has 2 nitrogen and oxygen atoms in total. The largest absolute Gasteiger partial charge is 0.496 e. The van der Waals surface area contributed by atoms with Crippen LogP contribution in [0.1, 0.15) is 40.8 Å². The van der Waals surface area contributed by atoms with Crippen LogP contribution in [0.2, 0.25) is 0 Å². The van der Waals surface area contributed by atoms with Crippen molar-refractivity contribution in [3.8, 4) is 5.75 Å². The molecule has 0 saturated heterocycles. The number of hydrogen-bond acceptors (Lipinski definition) is 2. The number of aryl methyl sites for hydroxylation is 3. The maximum atomic E-state index is 5.36. The van der Waals surface area contributed by atoms with E-state index in [1.54, 1.807) is 7.11 Å². The van der Waals surface area contributed by atoms with Crippen molar-refractivity contribution in [3.63, 3.8) is 0 Å². The van der Waals surface area contributed by atoms with Crippen LogP contribution in [0.25, 0.3) is 0 Å². The SMILES string of the molecule is CCNC(c1ccc(OC)c(C)c1)c1ccc(C)cc1C. The Labute approximate surface area is 128 Å². The molecule has 0 fully saturated rings. The Morgan fingerprint density at radius 3 is 2.33 bits per heavy atom. The van der Waals surface area contributed by atoms with Crippen LogP contribution in [0.5, 0.6) is 5.75 Å². The topological polar surface area (TPSA) is 21.3 Å². The highest BCUT2D eigenvalue weighted by atomic mass is 16.5. The lowest BCUT2D eigenvalue weighted by Gasteiger charge is -2.22. The standard InChI is InChI=1S/C19H25NO/c1-6-20-19(17-9-7-13(2)11-14(17)3)16-8-10-18(21-5)15(4)12-16/h7-12,19-20H,6H2,1-5H3. The lowest BCUT2D eigenvalue weighted by atomic mass is 9.93. The minimum absolute atomic E-state index is 0.222. The van der Waals surface area contributed by atoms with Gasteiger partial charge in [-0.15, -0.1) is 0 Å². The molecule has 0 bridgehead atoms. The van der Waals surface area contributed by atoms with Crippen LogP contribution in [-0.2, 0) is 0 Å². The summed E-state index contributed by atoms with van der Waals surface area (Å²) in [5.41, 5.74) is 6.42. The number of methoxy groups -OCH3 is 1. The smallest absolute Gasteiger partial charge is 0.121 e. The first kappa shape index (κ1) is 15.6. The zero-order valence-electron chi connectivity index (χ0n) is 13.7. The summed E-state index contributed by atoms with van der Waals surface area (Å²) in [5, 5.41) is 3.60. The number of rotatable bonds is 5.